The second-order valence-electron chi connectivity index (χ2n) is 2.39. The van der Waals surface area contributed by atoms with Gasteiger partial charge in [0.25, 0.3) is 0 Å². The van der Waals surface area contributed by atoms with Crippen molar-refractivity contribution < 1.29 is 0 Å². The van der Waals surface area contributed by atoms with Gasteiger partial charge in [-0.05, 0) is 6.92 Å². The number of aromatic nitrogens is 2. The van der Waals surface area contributed by atoms with E-state index in [4.69, 9.17) is 11.5 Å². The number of nitrogens with zero attached hydrogens (tertiary/aromatic N) is 2. The first-order chi connectivity index (χ1) is 5.18. The highest BCUT2D eigenvalue weighted by molar-refractivity contribution is 7.21. The summed E-state index contributed by atoms with van der Waals surface area (Å²) in [5.74, 6) is 0.589. The lowest BCUT2D eigenvalue weighted by atomic mass is 10.6. The lowest BCUT2D eigenvalue weighted by molar-refractivity contribution is 1.23. The van der Waals surface area contributed by atoms with Crippen molar-refractivity contribution in [2.24, 2.45) is 0 Å². The van der Waals surface area contributed by atoms with Crippen molar-refractivity contribution in [2.45, 2.75) is 6.92 Å². The van der Waals surface area contributed by atoms with Crippen LogP contribution in [-0.4, -0.2) is 9.38 Å². The molecule has 0 bridgehead atoms. The van der Waals surface area contributed by atoms with E-state index in [1.807, 2.05) is 13.1 Å². The molecule has 0 aliphatic carbocycles. The van der Waals surface area contributed by atoms with Gasteiger partial charge in [0.2, 0.25) is 0 Å². The van der Waals surface area contributed by atoms with Crippen LogP contribution in [-0.2, 0) is 0 Å². The van der Waals surface area contributed by atoms with E-state index in [9.17, 15) is 0 Å². The van der Waals surface area contributed by atoms with Crippen LogP contribution in [0.15, 0.2) is 6.20 Å². The predicted molar refractivity (Wildman–Crippen MR) is 46.6 cm³/mol. The third-order valence-corrected chi connectivity index (χ3v) is 2.41. The second-order valence-corrected chi connectivity index (χ2v) is 3.40. The Kier molecular flexibility index (Phi) is 1.11. The molecule has 58 valence electrons. The predicted octanol–water partition coefficient (Wildman–Crippen LogP) is 0.869. The molecular formula is C6H8N4S. The summed E-state index contributed by atoms with van der Waals surface area (Å²) in [5.41, 5.74) is 12.2. The van der Waals surface area contributed by atoms with E-state index < -0.39 is 0 Å². The summed E-state index contributed by atoms with van der Waals surface area (Å²) in [7, 11) is 0. The highest BCUT2D eigenvalue weighted by Crippen LogP contribution is 2.26. The Balaban J connectivity index is 2.88. The number of nitrogen functional groups attached to an aromatic ring is 2. The van der Waals surface area contributed by atoms with Crippen LogP contribution in [0.3, 0.4) is 0 Å². The molecule has 0 aromatic carbocycles. The minimum absolute atomic E-state index is 0.589. The van der Waals surface area contributed by atoms with Crippen LogP contribution in [0.25, 0.3) is 4.96 Å². The monoisotopic (exact) mass is 168 g/mol. The van der Waals surface area contributed by atoms with Gasteiger partial charge in [0.1, 0.15) is 10.8 Å². The fourth-order valence-electron chi connectivity index (χ4n) is 0.990. The Bertz CT molecular complexity index is 400. The van der Waals surface area contributed by atoms with Crippen LogP contribution >= 0.6 is 11.3 Å². The summed E-state index contributed by atoms with van der Waals surface area (Å²) in [6, 6.07) is 0. The van der Waals surface area contributed by atoms with Crippen molar-refractivity contribution in [3.63, 3.8) is 0 Å². The number of anilines is 2. The van der Waals surface area contributed by atoms with Gasteiger partial charge in [-0.15, -0.1) is 0 Å². The molecule has 0 aliphatic heterocycles. The normalized spacial score (nSPS) is 11.0. The van der Waals surface area contributed by atoms with Gasteiger partial charge in [-0.3, -0.25) is 4.40 Å². The van der Waals surface area contributed by atoms with Crippen LogP contribution in [0, 0.1) is 6.92 Å². The van der Waals surface area contributed by atoms with Crippen molar-refractivity contribution in [1.29, 1.82) is 0 Å². The first-order valence-corrected chi connectivity index (χ1v) is 3.99. The van der Waals surface area contributed by atoms with Crippen LogP contribution in [0.4, 0.5) is 10.8 Å². The summed E-state index contributed by atoms with van der Waals surface area (Å²) >= 11 is 1.40. The maximum atomic E-state index is 5.66. The molecule has 0 amide bonds. The number of hydrogen-bond donors (Lipinski definition) is 2. The minimum atomic E-state index is 0.589. The highest BCUT2D eigenvalue weighted by atomic mass is 32.1. The second kappa shape index (κ2) is 1.88. The maximum Gasteiger partial charge on any atom is 0.197 e. The van der Waals surface area contributed by atoms with Gasteiger partial charge in [0.15, 0.2) is 4.96 Å². The average molecular weight is 168 g/mol. The minimum Gasteiger partial charge on any atom is -0.387 e. The molecule has 2 rings (SSSR count). The Hall–Kier alpha value is -1.23. The first kappa shape index (κ1) is 6.48. The van der Waals surface area contributed by atoms with Crippen LogP contribution in [0.1, 0.15) is 5.69 Å². The number of fused-ring (bicyclic) bond motifs is 1. The highest BCUT2D eigenvalue weighted by Gasteiger charge is 2.06. The Morgan fingerprint density at radius 1 is 1.55 bits per heavy atom. The zero-order valence-electron chi connectivity index (χ0n) is 6.03. The van der Waals surface area contributed by atoms with E-state index in [-0.39, 0.29) is 0 Å². The van der Waals surface area contributed by atoms with Crippen LogP contribution in [0.2, 0.25) is 0 Å². The molecule has 0 atom stereocenters. The molecular weight excluding hydrogens is 160 g/mol. The molecule has 0 aliphatic rings. The topological polar surface area (TPSA) is 69.3 Å². The van der Waals surface area contributed by atoms with Crippen molar-refractivity contribution in [1.82, 2.24) is 9.38 Å². The van der Waals surface area contributed by atoms with Gasteiger partial charge < -0.3 is 11.5 Å². The van der Waals surface area contributed by atoms with Gasteiger partial charge in [0.05, 0.1) is 5.69 Å². The van der Waals surface area contributed by atoms with Crippen molar-refractivity contribution in [3.05, 3.63) is 11.9 Å². The molecule has 2 heterocycles. The summed E-state index contributed by atoms with van der Waals surface area (Å²) < 4.78 is 1.80. The molecule has 0 saturated carbocycles. The SMILES string of the molecule is Cc1cn2c(N)c(N)sc2n1. The molecule has 5 heteroatoms. The number of rotatable bonds is 0. The van der Waals surface area contributed by atoms with E-state index in [2.05, 4.69) is 4.98 Å². The zero-order valence-corrected chi connectivity index (χ0v) is 6.85. The summed E-state index contributed by atoms with van der Waals surface area (Å²) in [6.07, 6.45) is 1.87. The van der Waals surface area contributed by atoms with Crippen molar-refractivity contribution in [3.8, 4) is 0 Å². The third kappa shape index (κ3) is 0.775. The van der Waals surface area contributed by atoms with Gasteiger partial charge >= 0.3 is 0 Å². The first-order valence-electron chi connectivity index (χ1n) is 3.18. The number of aryl methyl sites for hydroxylation is 1. The molecule has 11 heavy (non-hydrogen) atoms. The molecule has 0 saturated heterocycles. The molecule has 0 unspecified atom stereocenters. The lowest BCUT2D eigenvalue weighted by Gasteiger charge is -1.88. The van der Waals surface area contributed by atoms with Crippen molar-refractivity contribution >= 4 is 27.1 Å². The molecule has 4 N–H and O–H groups in total. The van der Waals surface area contributed by atoms with Crippen molar-refractivity contribution in [2.75, 3.05) is 11.5 Å². The molecule has 0 radical (unpaired) electrons. The summed E-state index contributed by atoms with van der Waals surface area (Å²) in [6.45, 7) is 1.93. The lowest BCUT2D eigenvalue weighted by Crippen LogP contribution is -1.93. The smallest absolute Gasteiger partial charge is 0.197 e. The van der Waals surface area contributed by atoms with Gasteiger partial charge in [-0.1, -0.05) is 11.3 Å². The molecule has 2 aromatic heterocycles. The van der Waals surface area contributed by atoms with E-state index in [0.717, 1.165) is 10.7 Å². The Labute approximate surface area is 67.5 Å². The third-order valence-electron chi connectivity index (χ3n) is 1.51. The molecule has 0 fully saturated rings. The van der Waals surface area contributed by atoms with Gasteiger partial charge in [-0.2, -0.15) is 0 Å². The summed E-state index contributed by atoms with van der Waals surface area (Å²) in [4.78, 5) is 5.08. The number of nitrogens with two attached hydrogens (primary N) is 2. The largest absolute Gasteiger partial charge is 0.387 e. The van der Waals surface area contributed by atoms with Crippen LogP contribution < -0.4 is 11.5 Å². The zero-order chi connectivity index (χ0) is 8.01. The fraction of sp³-hybridized carbons (Fsp3) is 0.167. The van der Waals surface area contributed by atoms with E-state index in [1.165, 1.54) is 11.3 Å². The van der Waals surface area contributed by atoms with Gasteiger partial charge in [-0.25, -0.2) is 4.98 Å². The molecule has 0 spiro atoms. The molecule has 4 nitrogen and oxygen atoms in total. The number of thiazole rings is 1. The molecule has 2 aromatic rings. The quantitative estimate of drug-likeness (QED) is 0.613. The van der Waals surface area contributed by atoms with Gasteiger partial charge in [0, 0.05) is 6.20 Å². The average Bonchev–Trinajstić information content (AvgIpc) is 2.37. The summed E-state index contributed by atoms with van der Waals surface area (Å²) in [5, 5.41) is 0.632. The maximum absolute atomic E-state index is 5.66. The van der Waals surface area contributed by atoms with E-state index in [0.29, 0.717) is 10.8 Å². The number of hydrogen-bond acceptors (Lipinski definition) is 4. The Morgan fingerprint density at radius 2 is 2.27 bits per heavy atom. The standard InChI is InChI=1S/C6H8N4S/c1-3-2-10-4(7)5(8)11-6(10)9-3/h2H,7-8H2,1H3. The van der Waals surface area contributed by atoms with E-state index >= 15 is 0 Å². The fourth-order valence-corrected chi connectivity index (χ4v) is 1.83. The van der Waals surface area contributed by atoms with Crippen LogP contribution in [0.5, 0.6) is 0 Å². The Morgan fingerprint density at radius 3 is 2.91 bits per heavy atom. The number of imidazole rings is 1. The van der Waals surface area contributed by atoms with E-state index in [1.54, 1.807) is 4.40 Å².